The third-order valence-corrected chi connectivity index (χ3v) is 6.36. The standard InChI is InChI=1S/C20H24N2O4S/c23-20(11-16-27(24,25)21-12-14-26-15-13-21)22(19-9-5-2-6-10-19)17-18-7-3-1-4-8-18/h1-10H,11-17H2. The first-order valence-corrected chi connectivity index (χ1v) is 10.6. The van der Waals surface area contributed by atoms with Crippen molar-refractivity contribution in [2.45, 2.75) is 13.0 Å². The number of anilines is 1. The summed E-state index contributed by atoms with van der Waals surface area (Å²) < 4.78 is 31.6. The highest BCUT2D eigenvalue weighted by Crippen LogP contribution is 2.19. The Morgan fingerprint density at radius 2 is 1.56 bits per heavy atom. The van der Waals surface area contributed by atoms with Crippen LogP contribution in [0.3, 0.4) is 0 Å². The monoisotopic (exact) mass is 388 g/mol. The molecular weight excluding hydrogens is 364 g/mol. The molecule has 6 nitrogen and oxygen atoms in total. The van der Waals surface area contributed by atoms with Crippen molar-refractivity contribution in [1.29, 1.82) is 0 Å². The highest BCUT2D eigenvalue weighted by atomic mass is 32.2. The Labute approximate surface area is 160 Å². The number of rotatable bonds is 7. The van der Waals surface area contributed by atoms with Crippen LogP contribution in [0.2, 0.25) is 0 Å². The molecule has 27 heavy (non-hydrogen) atoms. The minimum Gasteiger partial charge on any atom is -0.379 e. The van der Waals surface area contributed by atoms with Gasteiger partial charge in [-0.2, -0.15) is 4.31 Å². The Hall–Kier alpha value is -2.22. The molecule has 0 aliphatic carbocycles. The van der Waals surface area contributed by atoms with Gasteiger partial charge >= 0.3 is 0 Å². The van der Waals surface area contributed by atoms with Crippen LogP contribution in [0, 0.1) is 0 Å². The van der Waals surface area contributed by atoms with E-state index in [1.165, 1.54) is 4.31 Å². The third-order valence-electron chi connectivity index (χ3n) is 4.49. The van der Waals surface area contributed by atoms with E-state index in [-0.39, 0.29) is 18.1 Å². The summed E-state index contributed by atoms with van der Waals surface area (Å²) in [6, 6.07) is 19.0. The number of carbonyl (C=O) groups is 1. The van der Waals surface area contributed by atoms with E-state index in [1.807, 2.05) is 60.7 Å². The SMILES string of the molecule is O=C(CCS(=O)(=O)N1CCOCC1)N(Cc1ccccc1)c1ccccc1. The lowest BCUT2D eigenvalue weighted by atomic mass is 10.2. The second kappa shape index (κ2) is 9.12. The molecule has 1 fully saturated rings. The second-order valence-corrected chi connectivity index (χ2v) is 8.47. The van der Waals surface area contributed by atoms with Crippen LogP contribution < -0.4 is 4.90 Å². The number of hydrogen-bond acceptors (Lipinski definition) is 4. The van der Waals surface area contributed by atoms with Crippen molar-refractivity contribution in [1.82, 2.24) is 4.31 Å². The van der Waals surface area contributed by atoms with Crippen LogP contribution in [-0.4, -0.2) is 50.7 Å². The topological polar surface area (TPSA) is 66.9 Å². The van der Waals surface area contributed by atoms with Crippen LogP contribution in [0.25, 0.3) is 0 Å². The lowest BCUT2D eigenvalue weighted by molar-refractivity contribution is -0.118. The van der Waals surface area contributed by atoms with Gasteiger partial charge in [-0.3, -0.25) is 4.79 Å². The van der Waals surface area contributed by atoms with Crippen molar-refractivity contribution in [3.8, 4) is 0 Å². The minimum absolute atomic E-state index is 0.0541. The Bertz CT molecular complexity index is 835. The molecule has 0 spiro atoms. The van der Waals surface area contributed by atoms with Crippen LogP contribution in [0.4, 0.5) is 5.69 Å². The fourth-order valence-corrected chi connectivity index (χ4v) is 4.40. The number of sulfonamides is 1. The maximum atomic E-state index is 12.9. The van der Waals surface area contributed by atoms with E-state index in [1.54, 1.807) is 4.90 Å². The Balaban J connectivity index is 1.71. The molecule has 0 atom stereocenters. The van der Waals surface area contributed by atoms with E-state index in [0.29, 0.717) is 32.8 Å². The van der Waals surface area contributed by atoms with Gasteiger partial charge in [0.15, 0.2) is 0 Å². The largest absolute Gasteiger partial charge is 0.379 e. The normalized spacial score (nSPS) is 15.4. The smallest absolute Gasteiger partial charge is 0.228 e. The molecule has 1 aliphatic heterocycles. The van der Waals surface area contributed by atoms with Gasteiger partial charge < -0.3 is 9.64 Å². The molecule has 1 amide bonds. The summed E-state index contributed by atoms with van der Waals surface area (Å²) in [7, 11) is -3.46. The number of para-hydroxylation sites is 1. The van der Waals surface area contributed by atoms with Gasteiger partial charge in [-0.25, -0.2) is 8.42 Å². The average molecular weight is 388 g/mol. The van der Waals surface area contributed by atoms with Gasteiger partial charge in [-0.05, 0) is 17.7 Å². The maximum Gasteiger partial charge on any atom is 0.228 e. The molecule has 0 unspecified atom stereocenters. The molecule has 0 aromatic heterocycles. The molecular formula is C20H24N2O4S. The van der Waals surface area contributed by atoms with Crippen molar-refractivity contribution >= 4 is 21.6 Å². The number of carbonyl (C=O) groups excluding carboxylic acids is 1. The van der Waals surface area contributed by atoms with Crippen molar-refractivity contribution in [2.75, 3.05) is 37.0 Å². The minimum atomic E-state index is -3.46. The summed E-state index contributed by atoms with van der Waals surface area (Å²) >= 11 is 0. The molecule has 144 valence electrons. The van der Waals surface area contributed by atoms with Gasteiger partial charge in [0.25, 0.3) is 0 Å². The Morgan fingerprint density at radius 1 is 0.963 bits per heavy atom. The van der Waals surface area contributed by atoms with Gasteiger partial charge in [0.05, 0.1) is 25.5 Å². The van der Waals surface area contributed by atoms with Crippen LogP contribution >= 0.6 is 0 Å². The first kappa shape index (κ1) is 19.5. The maximum absolute atomic E-state index is 12.9. The third kappa shape index (κ3) is 5.38. The highest BCUT2D eigenvalue weighted by molar-refractivity contribution is 7.89. The quantitative estimate of drug-likeness (QED) is 0.730. The molecule has 0 radical (unpaired) electrons. The molecule has 2 aromatic rings. The molecule has 1 heterocycles. The number of nitrogens with zero attached hydrogens (tertiary/aromatic N) is 2. The zero-order chi connectivity index (χ0) is 19.1. The second-order valence-electron chi connectivity index (χ2n) is 6.38. The number of amides is 1. The molecule has 1 saturated heterocycles. The van der Waals surface area contributed by atoms with Crippen LogP contribution in [0.5, 0.6) is 0 Å². The summed E-state index contributed by atoms with van der Waals surface area (Å²) in [5, 5.41) is 0. The first-order valence-electron chi connectivity index (χ1n) is 9.01. The summed E-state index contributed by atoms with van der Waals surface area (Å²) in [6.45, 7) is 1.90. The molecule has 1 aliphatic rings. The van der Waals surface area contributed by atoms with Gasteiger partial charge in [-0.1, -0.05) is 48.5 Å². The number of morpholine rings is 1. The first-order chi connectivity index (χ1) is 13.1. The average Bonchev–Trinajstić information content (AvgIpc) is 2.72. The fraction of sp³-hybridized carbons (Fsp3) is 0.350. The van der Waals surface area contributed by atoms with Gasteiger partial charge in [-0.15, -0.1) is 0 Å². The van der Waals surface area contributed by atoms with Gasteiger partial charge in [0.1, 0.15) is 0 Å². The summed E-state index contributed by atoms with van der Waals surface area (Å²) in [5.41, 5.74) is 1.75. The van der Waals surface area contributed by atoms with Gasteiger partial charge in [0, 0.05) is 25.2 Å². The fourth-order valence-electron chi connectivity index (χ4n) is 3.00. The van der Waals surface area contributed by atoms with E-state index >= 15 is 0 Å². The van der Waals surface area contributed by atoms with Crippen molar-refractivity contribution in [2.24, 2.45) is 0 Å². The van der Waals surface area contributed by atoms with E-state index < -0.39 is 10.0 Å². The summed E-state index contributed by atoms with van der Waals surface area (Å²) in [5.74, 6) is -0.397. The summed E-state index contributed by atoms with van der Waals surface area (Å²) in [4.78, 5) is 14.5. The predicted molar refractivity (Wildman–Crippen MR) is 105 cm³/mol. The highest BCUT2D eigenvalue weighted by Gasteiger charge is 2.26. The number of hydrogen-bond donors (Lipinski definition) is 0. The lowest BCUT2D eigenvalue weighted by Crippen LogP contribution is -2.42. The van der Waals surface area contributed by atoms with Gasteiger partial charge in [0.2, 0.25) is 15.9 Å². The van der Waals surface area contributed by atoms with Crippen LogP contribution in [0.15, 0.2) is 60.7 Å². The Kier molecular flexibility index (Phi) is 6.60. The van der Waals surface area contributed by atoms with E-state index in [2.05, 4.69) is 0 Å². The molecule has 3 rings (SSSR count). The van der Waals surface area contributed by atoms with Crippen molar-refractivity contribution in [3.05, 3.63) is 66.2 Å². The molecule has 2 aromatic carbocycles. The van der Waals surface area contributed by atoms with E-state index in [0.717, 1.165) is 11.3 Å². The molecule has 0 saturated carbocycles. The molecule has 0 N–H and O–H groups in total. The number of benzene rings is 2. The molecule has 0 bridgehead atoms. The van der Waals surface area contributed by atoms with E-state index in [4.69, 9.17) is 4.74 Å². The van der Waals surface area contributed by atoms with Crippen molar-refractivity contribution in [3.63, 3.8) is 0 Å². The van der Waals surface area contributed by atoms with Crippen molar-refractivity contribution < 1.29 is 17.9 Å². The summed E-state index contributed by atoms with van der Waals surface area (Å²) in [6.07, 6.45) is -0.0541. The Morgan fingerprint density at radius 3 is 2.19 bits per heavy atom. The predicted octanol–water partition coefficient (Wildman–Crippen LogP) is 2.27. The van der Waals surface area contributed by atoms with E-state index in [9.17, 15) is 13.2 Å². The zero-order valence-corrected chi connectivity index (χ0v) is 16.0. The molecule has 7 heteroatoms. The van der Waals surface area contributed by atoms with Crippen LogP contribution in [0.1, 0.15) is 12.0 Å². The van der Waals surface area contributed by atoms with Crippen LogP contribution in [-0.2, 0) is 26.1 Å². The zero-order valence-electron chi connectivity index (χ0n) is 15.2. The lowest BCUT2D eigenvalue weighted by Gasteiger charge is -2.27. The number of ether oxygens (including phenoxy) is 1.